The van der Waals surface area contributed by atoms with Gasteiger partial charge in [-0.3, -0.25) is 9.13 Å². The summed E-state index contributed by atoms with van der Waals surface area (Å²) in [5.74, 6) is 2.68. The van der Waals surface area contributed by atoms with Crippen molar-refractivity contribution in [2.75, 3.05) is 50.2 Å². The lowest BCUT2D eigenvalue weighted by atomic mass is 10.2. The average molecular weight is 803 g/mol. The SMILES string of the molecule is COc1ccc(Nc2nc(-n3c(C)nc4ccc(OC)cc43)nc(N)c2F)cc1.COc1ccc2nc(C)n(-c3nc(N)c(F)c(Nc4ccc5c(c4)OCO5)n3)c2c1. The number of anilines is 6. The van der Waals surface area contributed by atoms with E-state index in [2.05, 4.69) is 40.5 Å². The summed E-state index contributed by atoms with van der Waals surface area (Å²) in [6.07, 6.45) is 0. The summed E-state index contributed by atoms with van der Waals surface area (Å²) in [6.45, 7) is 3.76. The lowest BCUT2D eigenvalue weighted by Crippen LogP contribution is -2.10. The summed E-state index contributed by atoms with van der Waals surface area (Å²) in [6, 6.07) is 23.1. The van der Waals surface area contributed by atoms with Crippen molar-refractivity contribution < 1.29 is 32.5 Å². The summed E-state index contributed by atoms with van der Waals surface area (Å²) in [7, 11) is 4.73. The van der Waals surface area contributed by atoms with Crippen LogP contribution in [0.25, 0.3) is 34.0 Å². The zero-order chi connectivity index (χ0) is 41.4. The Bertz CT molecular complexity index is 2870. The number of halogens is 2. The lowest BCUT2D eigenvalue weighted by molar-refractivity contribution is 0.174. The van der Waals surface area contributed by atoms with Gasteiger partial charge in [-0.15, -0.1) is 0 Å². The van der Waals surface area contributed by atoms with Crippen molar-refractivity contribution in [3.63, 3.8) is 0 Å². The highest BCUT2D eigenvalue weighted by Gasteiger charge is 2.21. The number of benzene rings is 4. The third-order valence-electron chi connectivity index (χ3n) is 9.18. The highest BCUT2D eigenvalue weighted by molar-refractivity contribution is 5.80. The molecular weight excluding hydrogens is 767 g/mol. The van der Waals surface area contributed by atoms with Crippen LogP contribution < -0.4 is 45.8 Å². The van der Waals surface area contributed by atoms with E-state index in [1.807, 2.05) is 43.3 Å². The number of nitrogen functional groups attached to an aromatic ring is 2. The molecule has 0 radical (unpaired) electrons. The first-order valence-corrected chi connectivity index (χ1v) is 17.8. The van der Waals surface area contributed by atoms with Crippen LogP contribution in [0.3, 0.4) is 0 Å². The van der Waals surface area contributed by atoms with Gasteiger partial charge in [-0.2, -0.15) is 28.7 Å². The lowest BCUT2D eigenvalue weighted by Gasteiger charge is -2.12. The fraction of sp³-hybridized carbons (Fsp3) is 0.150. The summed E-state index contributed by atoms with van der Waals surface area (Å²) in [5, 5.41) is 5.87. The maximum atomic E-state index is 14.7. The number of nitrogens with one attached hydrogen (secondary N) is 2. The first-order valence-electron chi connectivity index (χ1n) is 17.8. The number of ether oxygens (including phenoxy) is 5. The molecule has 1 aliphatic rings. The third-order valence-corrected chi connectivity index (χ3v) is 9.18. The highest BCUT2D eigenvalue weighted by atomic mass is 19.1. The second-order valence-corrected chi connectivity index (χ2v) is 12.9. The van der Waals surface area contributed by atoms with Crippen LogP contribution in [-0.4, -0.2) is 67.2 Å². The van der Waals surface area contributed by atoms with Gasteiger partial charge in [0.05, 0.1) is 43.4 Å². The van der Waals surface area contributed by atoms with E-state index in [1.165, 1.54) is 0 Å². The fourth-order valence-corrected chi connectivity index (χ4v) is 6.30. The normalized spacial score (nSPS) is 11.6. The molecule has 0 bridgehead atoms. The molecule has 0 spiro atoms. The van der Waals surface area contributed by atoms with Gasteiger partial charge in [0.2, 0.25) is 30.3 Å². The zero-order valence-corrected chi connectivity index (χ0v) is 32.2. The molecule has 0 saturated heterocycles. The number of fused-ring (bicyclic) bond motifs is 3. The quantitative estimate of drug-likeness (QED) is 0.117. The molecule has 4 aromatic heterocycles. The second kappa shape index (κ2) is 15.5. The Hall–Kier alpha value is -7.96. The van der Waals surface area contributed by atoms with Gasteiger partial charge in [-0.1, -0.05) is 0 Å². The van der Waals surface area contributed by atoms with Crippen LogP contribution in [0.4, 0.5) is 43.4 Å². The van der Waals surface area contributed by atoms with Crippen molar-refractivity contribution in [3.8, 4) is 40.6 Å². The second-order valence-electron chi connectivity index (χ2n) is 12.9. The third kappa shape index (κ3) is 7.39. The molecule has 1 aliphatic heterocycles. The van der Waals surface area contributed by atoms with Crippen LogP contribution in [0.5, 0.6) is 28.7 Å². The van der Waals surface area contributed by atoms with Crippen molar-refractivity contribution in [1.29, 1.82) is 0 Å². The minimum atomic E-state index is -0.754. The van der Waals surface area contributed by atoms with Crippen molar-refractivity contribution >= 4 is 56.7 Å². The Labute approximate surface area is 334 Å². The van der Waals surface area contributed by atoms with Gasteiger partial charge in [-0.25, -0.2) is 9.97 Å². The minimum absolute atomic E-state index is 0.0400. The molecule has 300 valence electrons. The summed E-state index contributed by atoms with van der Waals surface area (Å²) < 4.78 is 59.1. The molecule has 0 aliphatic carbocycles. The largest absolute Gasteiger partial charge is 0.497 e. The highest BCUT2D eigenvalue weighted by Crippen LogP contribution is 2.36. The molecule has 17 nitrogen and oxygen atoms in total. The molecule has 59 heavy (non-hydrogen) atoms. The molecule has 9 rings (SSSR count). The number of rotatable bonds is 9. The Morgan fingerprint density at radius 3 is 1.53 bits per heavy atom. The van der Waals surface area contributed by atoms with Gasteiger partial charge in [0, 0.05) is 29.6 Å². The average Bonchev–Trinajstić information content (AvgIpc) is 3.94. The molecule has 0 fully saturated rings. The van der Waals surface area contributed by atoms with Crippen LogP contribution >= 0.6 is 0 Å². The molecule has 5 heterocycles. The standard InChI is InChI=1S/C20H17FN6O3.C20H19FN6O2/c1-10-23-13-5-4-12(28-2)8-14(13)27(10)20-25-18(22)17(21)19(26-20)24-11-3-6-15-16(7-11)30-9-29-15;1-11-23-15-9-8-14(29-3)10-16(15)27(11)20-25-18(22)17(21)19(26-20)24-12-4-6-13(28-2)7-5-12/h3-8H,9H2,1-2H3,(H3,22,24,25,26);4-10H,1-3H3,(H3,22,24,25,26). The first-order chi connectivity index (χ1) is 28.5. The van der Waals surface area contributed by atoms with Crippen molar-refractivity contribution in [2.45, 2.75) is 13.8 Å². The number of aryl methyl sites for hydroxylation is 2. The van der Waals surface area contributed by atoms with Gasteiger partial charge in [0.15, 0.2) is 34.8 Å². The number of hydrogen-bond acceptors (Lipinski definition) is 15. The maximum absolute atomic E-state index is 14.7. The predicted octanol–water partition coefficient (Wildman–Crippen LogP) is 6.93. The fourth-order valence-electron chi connectivity index (χ4n) is 6.30. The van der Waals surface area contributed by atoms with Crippen molar-refractivity contribution in [3.05, 3.63) is 102 Å². The summed E-state index contributed by atoms with van der Waals surface area (Å²) in [5.41, 5.74) is 15.8. The van der Waals surface area contributed by atoms with E-state index in [9.17, 15) is 8.78 Å². The number of imidazole rings is 2. The smallest absolute Gasteiger partial charge is 0.239 e. The minimum Gasteiger partial charge on any atom is -0.497 e. The topological polar surface area (TPSA) is 209 Å². The Balaban J connectivity index is 0.000000164. The number of methoxy groups -OCH3 is 3. The van der Waals surface area contributed by atoms with E-state index in [1.54, 1.807) is 79.9 Å². The summed E-state index contributed by atoms with van der Waals surface area (Å²) >= 11 is 0. The number of nitrogens with zero attached hydrogens (tertiary/aromatic N) is 8. The van der Waals surface area contributed by atoms with Crippen molar-refractivity contribution in [2.24, 2.45) is 0 Å². The van der Waals surface area contributed by atoms with Gasteiger partial charge in [0.1, 0.15) is 28.9 Å². The maximum Gasteiger partial charge on any atom is 0.239 e. The van der Waals surface area contributed by atoms with Crippen LogP contribution in [0.2, 0.25) is 0 Å². The van der Waals surface area contributed by atoms with Crippen molar-refractivity contribution in [1.82, 2.24) is 39.0 Å². The van der Waals surface area contributed by atoms with E-state index in [4.69, 9.17) is 35.2 Å². The van der Waals surface area contributed by atoms with Gasteiger partial charge >= 0.3 is 0 Å². The van der Waals surface area contributed by atoms with E-state index in [-0.39, 0.29) is 42.0 Å². The molecule has 0 saturated carbocycles. The van der Waals surface area contributed by atoms with Gasteiger partial charge in [0.25, 0.3) is 0 Å². The Morgan fingerprint density at radius 2 is 1.02 bits per heavy atom. The van der Waals surface area contributed by atoms with Crippen LogP contribution in [0.1, 0.15) is 11.6 Å². The van der Waals surface area contributed by atoms with E-state index in [0.717, 1.165) is 16.6 Å². The summed E-state index contributed by atoms with van der Waals surface area (Å²) in [4.78, 5) is 26.0. The molecule has 4 aromatic carbocycles. The predicted molar refractivity (Wildman–Crippen MR) is 217 cm³/mol. The molecule has 6 N–H and O–H groups in total. The van der Waals surface area contributed by atoms with Gasteiger partial charge < -0.3 is 45.8 Å². The van der Waals surface area contributed by atoms with E-state index in [0.29, 0.717) is 57.3 Å². The van der Waals surface area contributed by atoms with Crippen LogP contribution in [-0.2, 0) is 0 Å². The monoisotopic (exact) mass is 802 g/mol. The molecular formula is C40H36F2N12O5. The van der Waals surface area contributed by atoms with Crippen LogP contribution in [0, 0.1) is 25.5 Å². The first kappa shape index (κ1) is 37.9. The van der Waals surface area contributed by atoms with Crippen LogP contribution in [0.15, 0.2) is 78.9 Å². The Morgan fingerprint density at radius 1 is 0.559 bits per heavy atom. The Kier molecular flexibility index (Phi) is 9.98. The van der Waals surface area contributed by atoms with Gasteiger partial charge in [-0.05, 0) is 74.5 Å². The number of aromatic nitrogens is 8. The number of hydrogen-bond donors (Lipinski definition) is 4. The molecule has 0 atom stereocenters. The molecule has 19 heteroatoms. The number of nitrogens with two attached hydrogens (primary N) is 2. The molecule has 8 aromatic rings. The zero-order valence-electron chi connectivity index (χ0n) is 32.2. The molecule has 0 unspecified atom stereocenters. The van der Waals surface area contributed by atoms with E-state index < -0.39 is 11.6 Å². The van der Waals surface area contributed by atoms with E-state index >= 15 is 0 Å². The molecule has 0 amide bonds.